The highest BCUT2D eigenvalue weighted by Crippen LogP contribution is 2.36. The fourth-order valence-electron chi connectivity index (χ4n) is 4.35. The molecule has 0 aliphatic carbocycles. The third-order valence-electron chi connectivity index (χ3n) is 6.45. The van der Waals surface area contributed by atoms with Gasteiger partial charge in [-0.15, -0.1) is 0 Å². The summed E-state index contributed by atoms with van der Waals surface area (Å²) >= 11 is 0. The van der Waals surface area contributed by atoms with E-state index < -0.39 is 5.60 Å². The van der Waals surface area contributed by atoms with Gasteiger partial charge in [0, 0.05) is 41.8 Å². The van der Waals surface area contributed by atoms with E-state index in [0.29, 0.717) is 29.4 Å². The van der Waals surface area contributed by atoms with Gasteiger partial charge in [-0.3, -0.25) is 9.48 Å². The molecule has 0 spiro atoms. The summed E-state index contributed by atoms with van der Waals surface area (Å²) in [6.07, 6.45) is 5.04. The second-order valence-electron chi connectivity index (χ2n) is 9.52. The molecule has 0 saturated carbocycles. The number of ether oxygens (including phenoxy) is 2. The molecule has 3 heterocycles. The van der Waals surface area contributed by atoms with E-state index >= 15 is 0 Å². The number of nitrogen functional groups attached to an aromatic ring is 1. The number of aryl methyl sites for hydroxylation is 1. The molecule has 2 aromatic carbocycles. The molecule has 1 aliphatic rings. The Morgan fingerprint density at radius 1 is 1.17 bits per heavy atom. The SMILES string of the molecule is CC(Oc1cc(-c2cnn(C)c2)cnc1N)c1cccc(NC(=O)c2ccc3c(c2)C(C)(C)OC3)c1. The van der Waals surface area contributed by atoms with Crippen molar-refractivity contribution in [3.8, 4) is 16.9 Å². The number of fused-ring (bicyclic) bond motifs is 1. The van der Waals surface area contributed by atoms with Gasteiger partial charge < -0.3 is 20.5 Å². The van der Waals surface area contributed by atoms with Crippen LogP contribution in [0, 0.1) is 0 Å². The maximum Gasteiger partial charge on any atom is 0.255 e. The van der Waals surface area contributed by atoms with E-state index in [1.807, 2.05) is 82.5 Å². The van der Waals surface area contributed by atoms with Gasteiger partial charge in [-0.25, -0.2) is 4.98 Å². The third kappa shape index (κ3) is 4.67. The molecule has 184 valence electrons. The Morgan fingerprint density at radius 3 is 2.78 bits per heavy atom. The molecule has 1 atom stereocenters. The molecule has 8 nitrogen and oxygen atoms in total. The van der Waals surface area contributed by atoms with E-state index in [9.17, 15) is 4.79 Å². The van der Waals surface area contributed by atoms with Crippen LogP contribution < -0.4 is 15.8 Å². The molecule has 4 aromatic rings. The molecule has 5 rings (SSSR count). The van der Waals surface area contributed by atoms with E-state index in [-0.39, 0.29) is 12.0 Å². The summed E-state index contributed by atoms with van der Waals surface area (Å²) < 4.78 is 13.7. The number of amides is 1. The maximum atomic E-state index is 13.0. The van der Waals surface area contributed by atoms with Crippen LogP contribution in [0.25, 0.3) is 11.1 Å². The fourth-order valence-corrected chi connectivity index (χ4v) is 4.35. The Balaban J connectivity index is 1.32. The maximum absolute atomic E-state index is 13.0. The van der Waals surface area contributed by atoms with Gasteiger partial charge in [0.1, 0.15) is 6.10 Å². The molecule has 1 aliphatic heterocycles. The lowest BCUT2D eigenvalue weighted by Gasteiger charge is -2.19. The Labute approximate surface area is 210 Å². The Bertz CT molecular complexity index is 1440. The normalized spacial score (nSPS) is 14.8. The summed E-state index contributed by atoms with van der Waals surface area (Å²) in [5.41, 5.74) is 11.8. The smallest absolute Gasteiger partial charge is 0.255 e. The number of aromatic nitrogens is 3. The number of pyridine rings is 1. The van der Waals surface area contributed by atoms with E-state index in [2.05, 4.69) is 15.4 Å². The molecule has 0 radical (unpaired) electrons. The van der Waals surface area contributed by atoms with Crippen molar-refractivity contribution in [3.63, 3.8) is 0 Å². The number of anilines is 2. The predicted octanol–water partition coefficient (Wildman–Crippen LogP) is 5.22. The number of carbonyl (C=O) groups is 1. The van der Waals surface area contributed by atoms with Crippen LogP contribution in [-0.4, -0.2) is 20.7 Å². The van der Waals surface area contributed by atoms with Gasteiger partial charge in [0.05, 0.1) is 18.4 Å². The molecule has 8 heteroatoms. The van der Waals surface area contributed by atoms with Gasteiger partial charge in [0.2, 0.25) is 0 Å². The first-order valence-electron chi connectivity index (χ1n) is 11.8. The summed E-state index contributed by atoms with van der Waals surface area (Å²) in [5.74, 6) is 0.618. The van der Waals surface area contributed by atoms with Crippen LogP contribution in [0.5, 0.6) is 5.75 Å². The molecular weight excluding hydrogens is 454 g/mol. The van der Waals surface area contributed by atoms with Crippen LogP contribution in [0.4, 0.5) is 11.5 Å². The highest BCUT2D eigenvalue weighted by molar-refractivity contribution is 6.04. The summed E-state index contributed by atoms with van der Waals surface area (Å²) in [4.78, 5) is 17.3. The number of carbonyl (C=O) groups excluding carboxylic acids is 1. The zero-order valence-electron chi connectivity index (χ0n) is 20.8. The zero-order valence-corrected chi connectivity index (χ0v) is 20.8. The van der Waals surface area contributed by atoms with Crippen LogP contribution in [0.1, 0.15) is 53.9 Å². The van der Waals surface area contributed by atoms with Crippen molar-refractivity contribution in [2.75, 3.05) is 11.1 Å². The monoisotopic (exact) mass is 483 g/mol. The van der Waals surface area contributed by atoms with E-state index in [1.54, 1.807) is 17.1 Å². The van der Waals surface area contributed by atoms with Gasteiger partial charge >= 0.3 is 0 Å². The summed E-state index contributed by atoms with van der Waals surface area (Å²) in [6.45, 7) is 6.52. The summed E-state index contributed by atoms with van der Waals surface area (Å²) in [5, 5.41) is 7.21. The van der Waals surface area contributed by atoms with Crippen LogP contribution in [0.15, 0.2) is 67.1 Å². The van der Waals surface area contributed by atoms with Crippen molar-refractivity contribution >= 4 is 17.4 Å². The molecule has 0 bridgehead atoms. The van der Waals surface area contributed by atoms with Crippen LogP contribution >= 0.6 is 0 Å². The second-order valence-corrected chi connectivity index (χ2v) is 9.52. The molecule has 0 saturated heterocycles. The lowest BCUT2D eigenvalue weighted by atomic mass is 9.94. The number of hydrogen-bond donors (Lipinski definition) is 2. The first-order chi connectivity index (χ1) is 17.2. The van der Waals surface area contributed by atoms with Gasteiger partial charge in [0.15, 0.2) is 11.6 Å². The first kappa shape index (κ1) is 23.6. The van der Waals surface area contributed by atoms with Crippen LogP contribution in [0.3, 0.4) is 0 Å². The molecule has 0 fully saturated rings. The zero-order chi connectivity index (χ0) is 25.4. The molecule has 2 aromatic heterocycles. The molecule has 3 N–H and O–H groups in total. The molecule has 1 unspecified atom stereocenters. The Morgan fingerprint density at radius 2 is 2.00 bits per heavy atom. The van der Waals surface area contributed by atoms with E-state index in [1.165, 1.54) is 0 Å². The van der Waals surface area contributed by atoms with Crippen molar-refractivity contribution in [2.45, 2.75) is 39.1 Å². The number of nitrogens with zero attached hydrogens (tertiary/aromatic N) is 3. The van der Waals surface area contributed by atoms with Crippen LogP contribution in [0.2, 0.25) is 0 Å². The van der Waals surface area contributed by atoms with Gasteiger partial charge in [-0.1, -0.05) is 18.2 Å². The fraction of sp³-hybridized carbons (Fsp3) is 0.250. The minimum absolute atomic E-state index is 0.177. The minimum atomic E-state index is -0.399. The van der Waals surface area contributed by atoms with Gasteiger partial charge in [0.25, 0.3) is 5.91 Å². The lowest BCUT2D eigenvalue weighted by Crippen LogP contribution is -2.17. The Kier molecular flexibility index (Phi) is 5.97. The molecule has 36 heavy (non-hydrogen) atoms. The van der Waals surface area contributed by atoms with E-state index in [0.717, 1.165) is 27.8 Å². The minimum Gasteiger partial charge on any atom is -0.482 e. The van der Waals surface area contributed by atoms with Crippen LogP contribution in [-0.2, 0) is 24.0 Å². The quantitative estimate of drug-likeness (QED) is 0.390. The molecule has 1 amide bonds. The van der Waals surface area contributed by atoms with Crippen molar-refractivity contribution in [3.05, 3.63) is 89.4 Å². The first-order valence-corrected chi connectivity index (χ1v) is 11.8. The van der Waals surface area contributed by atoms with Crippen molar-refractivity contribution in [2.24, 2.45) is 7.05 Å². The average Bonchev–Trinajstić information content (AvgIpc) is 3.43. The number of nitrogens with two attached hydrogens (primary N) is 1. The average molecular weight is 484 g/mol. The van der Waals surface area contributed by atoms with E-state index in [4.69, 9.17) is 15.2 Å². The highest BCUT2D eigenvalue weighted by atomic mass is 16.5. The number of nitrogens with one attached hydrogen (secondary N) is 1. The lowest BCUT2D eigenvalue weighted by molar-refractivity contribution is -0.00790. The highest BCUT2D eigenvalue weighted by Gasteiger charge is 2.31. The summed E-state index contributed by atoms with van der Waals surface area (Å²) in [6, 6.07) is 15.2. The Hall–Kier alpha value is -4.17. The number of benzene rings is 2. The number of hydrogen-bond acceptors (Lipinski definition) is 6. The topological polar surface area (TPSA) is 104 Å². The second kappa shape index (κ2) is 9.13. The summed E-state index contributed by atoms with van der Waals surface area (Å²) in [7, 11) is 1.86. The van der Waals surface area contributed by atoms with Crippen molar-refractivity contribution < 1.29 is 14.3 Å². The van der Waals surface area contributed by atoms with Crippen molar-refractivity contribution in [1.29, 1.82) is 0 Å². The van der Waals surface area contributed by atoms with Gasteiger partial charge in [-0.05, 0) is 67.8 Å². The van der Waals surface area contributed by atoms with Crippen molar-refractivity contribution in [1.82, 2.24) is 14.8 Å². The number of rotatable bonds is 6. The standard InChI is InChI=1S/C28H29N5O3/c1-17(36-25-12-21(13-30-26(25)29)22-14-31-33(4)15-22)18-6-5-7-23(10-18)32-27(34)19-8-9-20-16-35-28(2,3)24(20)11-19/h5-15,17H,16H2,1-4H3,(H2,29,30)(H,32,34). The largest absolute Gasteiger partial charge is 0.482 e. The van der Waals surface area contributed by atoms with Gasteiger partial charge in [-0.2, -0.15) is 5.10 Å². The molecular formula is C28H29N5O3. The third-order valence-corrected chi connectivity index (χ3v) is 6.45. The predicted molar refractivity (Wildman–Crippen MR) is 139 cm³/mol.